The van der Waals surface area contributed by atoms with Gasteiger partial charge in [0.2, 0.25) is 0 Å². The van der Waals surface area contributed by atoms with E-state index in [0.717, 1.165) is 13.1 Å². The maximum atomic E-state index is 12.7. The summed E-state index contributed by atoms with van der Waals surface area (Å²) in [5.74, 6) is 6.84. The van der Waals surface area contributed by atoms with E-state index in [-0.39, 0.29) is 12.5 Å². The van der Waals surface area contributed by atoms with Crippen molar-refractivity contribution in [3.63, 3.8) is 0 Å². The standard InChI is InChI=1S/C17H20N2O2/c20-7-1-2-15-8-16(10-18-9-15)17(21)19(11-13-3-4-13)12-14-5-6-14/h8-10,13-14,20H,3-7,11-12H2. The highest BCUT2D eigenvalue weighted by atomic mass is 16.2. The van der Waals surface area contributed by atoms with Crippen LogP contribution in [0.4, 0.5) is 0 Å². The molecule has 2 aliphatic carbocycles. The van der Waals surface area contributed by atoms with Gasteiger partial charge in [0, 0.05) is 31.0 Å². The largest absolute Gasteiger partial charge is 0.384 e. The predicted octanol–water partition coefficient (Wildman–Crippen LogP) is 1.69. The molecule has 1 amide bonds. The van der Waals surface area contributed by atoms with Crippen LogP contribution in [0.25, 0.3) is 0 Å². The lowest BCUT2D eigenvalue weighted by Crippen LogP contribution is -2.34. The Labute approximate surface area is 125 Å². The Balaban J connectivity index is 1.73. The molecule has 1 N–H and O–H groups in total. The molecule has 1 aromatic rings. The number of pyridine rings is 1. The molecule has 21 heavy (non-hydrogen) atoms. The molecule has 110 valence electrons. The lowest BCUT2D eigenvalue weighted by Gasteiger charge is -2.22. The minimum Gasteiger partial charge on any atom is -0.384 e. The van der Waals surface area contributed by atoms with Gasteiger partial charge in [-0.3, -0.25) is 9.78 Å². The summed E-state index contributed by atoms with van der Waals surface area (Å²) >= 11 is 0. The fourth-order valence-corrected chi connectivity index (χ4v) is 2.41. The van der Waals surface area contributed by atoms with Crippen LogP contribution in [0, 0.1) is 23.7 Å². The quantitative estimate of drug-likeness (QED) is 0.837. The Morgan fingerprint density at radius 1 is 1.24 bits per heavy atom. The number of hydrogen-bond donors (Lipinski definition) is 1. The van der Waals surface area contributed by atoms with E-state index in [9.17, 15) is 4.79 Å². The van der Waals surface area contributed by atoms with Gasteiger partial charge in [-0.2, -0.15) is 0 Å². The van der Waals surface area contributed by atoms with Gasteiger partial charge in [0.05, 0.1) is 5.56 Å². The molecule has 2 aliphatic rings. The molecular weight excluding hydrogens is 264 g/mol. The summed E-state index contributed by atoms with van der Waals surface area (Å²) in [7, 11) is 0. The third-order valence-electron chi connectivity index (χ3n) is 3.94. The Bertz CT molecular complexity index is 566. The fourth-order valence-electron chi connectivity index (χ4n) is 2.41. The van der Waals surface area contributed by atoms with Gasteiger partial charge in [-0.1, -0.05) is 11.8 Å². The third-order valence-corrected chi connectivity index (χ3v) is 3.94. The summed E-state index contributed by atoms with van der Waals surface area (Å²) in [5, 5.41) is 8.74. The second-order valence-corrected chi connectivity index (χ2v) is 6.02. The average molecular weight is 284 g/mol. The fraction of sp³-hybridized carbons (Fsp3) is 0.529. The second-order valence-electron chi connectivity index (χ2n) is 6.02. The molecule has 0 saturated heterocycles. The zero-order chi connectivity index (χ0) is 14.7. The van der Waals surface area contributed by atoms with E-state index in [4.69, 9.17) is 5.11 Å². The van der Waals surface area contributed by atoms with Crippen molar-refractivity contribution < 1.29 is 9.90 Å². The Hall–Kier alpha value is -1.86. The van der Waals surface area contributed by atoms with Gasteiger partial charge in [0.15, 0.2) is 0 Å². The molecule has 0 atom stereocenters. The molecule has 2 fully saturated rings. The maximum Gasteiger partial charge on any atom is 0.255 e. The number of aliphatic hydroxyl groups is 1. The van der Waals surface area contributed by atoms with Crippen LogP contribution in [-0.4, -0.2) is 40.6 Å². The van der Waals surface area contributed by atoms with Crippen molar-refractivity contribution in [3.8, 4) is 11.8 Å². The van der Waals surface area contributed by atoms with Crippen LogP contribution in [0.1, 0.15) is 41.6 Å². The van der Waals surface area contributed by atoms with Gasteiger partial charge >= 0.3 is 0 Å². The van der Waals surface area contributed by atoms with E-state index in [0.29, 0.717) is 23.0 Å². The number of carbonyl (C=O) groups excluding carboxylic acids is 1. The minimum atomic E-state index is -0.187. The van der Waals surface area contributed by atoms with Crippen molar-refractivity contribution in [3.05, 3.63) is 29.6 Å². The smallest absolute Gasteiger partial charge is 0.255 e. The molecule has 0 bridgehead atoms. The zero-order valence-electron chi connectivity index (χ0n) is 12.1. The van der Waals surface area contributed by atoms with Crippen molar-refractivity contribution in [2.75, 3.05) is 19.7 Å². The molecule has 4 heteroatoms. The van der Waals surface area contributed by atoms with Gasteiger partial charge in [-0.15, -0.1) is 0 Å². The highest BCUT2D eigenvalue weighted by molar-refractivity contribution is 5.94. The summed E-state index contributed by atoms with van der Waals surface area (Å²) in [6, 6.07) is 1.77. The zero-order valence-corrected chi connectivity index (χ0v) is 12.1. The summed E-state index contributed by atoms with van der Waals surface area (Å²) in [6.45, 7) is 1.57. The maximum absolute atomic E-state index is 12.7. The molecule has 1 aromatic heterocycles. The van der Waals surface area contributed by atoms with Crippen LogP contribution in [0.2, 0.25) is 0 Å². The molecule has 1 heterocycles. The van der Waals surface area contributed by atoms with Crippen LogP contribution in [0.5, 0.6) is 0 Å². The number of amides is 1. The van der Waals surface area contributed by atoms with E-state index >= 15 is 0 Å². The number of rotatable bonds is 5. The summed E-state index contributed by atoms with van der Waals surface area (Å²) in [6.07, 6.45) is 8.21. The van der Waals surface area contributed by atoms with E-state index in [1.54, 1.807) is 18.5 Å². The summed E-state index contributed by atoms with van der Waals surface area (Å²) in [4.78, 5) is 18.8. The number of aromatic nitrogens is 1. The molecule has 0 spiro atoms. The molecule has 2 saturated carbocycles. The molecule has 0 radical (unpaired) electrons. The SMILES string of the molecule is O=C(c1cncc(C#CCO)c1)N(CC1CC1)CC1CC1. The minimum absolute atomic E-state index is 0.0638. The first-order valence-electron chi connectivity index (χ1n) is 7.60. The molecule has 4 nitrogen and oxygen atoms in total. The van der Waals surface area contributed by atoms with Crippen molar-refractivity contribution in [2.24, 2.45) is 11.8 Å². The number of hydrogen-bond acceptors (Lipinski definition) is 3. The van der Waals surface area contributed by atoms with Gasteiger partial charge in [-0.05, 0) is 43.6 Å². The second kappa shape index (κ2) is 6.28. The van der Waals surface area contributed by atoms with E-state index < -0.39 is 0 Å². The third kappa shape index (κ3) is 4.05. The van der Waals surface area contributed by atoms with Gasteiger partial charge in [0.1, 0.15) is 6.61 Å². The summed E-state index contributed by atoms with van der Waals surface area (Å²) in [5.41, 5.74) is 1.27. The van der Waals surface area contributed by atoms with Crippen molar-refractivity contribution >= 4 is 5.91 Å². The lowest BCUT2D eigenvalue weighted by atomic mass is 10.1. The van der Waals surface area contributed by atoms with Crippen molar-refractivity contribution in [1.29, 1.82) is 0 Å². The number of carbonyl (C=O) groups is 1. The predicted molar refractivity (Wildman–Crippen MR) is 79.6 cm³/mol. The van der Waals surface area contributed by atoms with E-state index in [2.05, 4.69) is 16.8 Å². The first-order valence-corrected chi connectivity index (χ1v) is 7.60. The van der Waals surface area contributed by atoms with Crippen LogP contribution in [0.15, 0.2) is 18.5 Å². The van der Waals surface area contributed by atoms with Gasteiger partial charge in [-0.25, -0.2) is 0 Å². The van der Waals surface area contributed by atoms with Gasteiger partial charge in [0.25, 0.3) is 5.91 Å². The summed E-state index contributed by atoms with van der Waals surface area (Å²) < 4.78 is 0. The number of aliphatic hydroxyl groups excluding tert-OH is 1. The van der Waals surface area contributed by atoms with Crippen molar-refractivity contribution in [2.45, 2.75) is 25.7 Å². The van der Waals surface area contributed by atoms with Crippen LogP contribution in [-0.2, 0) is 0 Å². The number of nitrogens with zero attached hydrogens (tertiary/aromatic N) is 2. The van der Waals surface area contributed by atoms with E-state index in [1.807, 2.05) is 4.90 Å². The monoisotopic (exact) mass is 284 g/mol. The Morgan fingerprint density at radius 2 is 1.90 bits per heavy atom. The highest BCUT2D eigenvalue weighted by Crippen LogP contribution is 2.34. The average Bonchev–Trinajstić information content (AvgIpc) is 3.39. The van der Waals surface area contributed by atoms with Crippen LogP contribution < -0.4 is 0 Å². The lowest BCUT2D eigenvalue weighted by molar-refractivity contribution is 0.0739. The Kier molecular flexibility index (Phi) is 4.21. The molecule has 0 aromatic carbocycles. The van der Waals surface area contributed by atoms with Crippen molar-refractivity contribution in [1.82, 2.24) is 9.88 Å². The molecular formula is C17H20N2O2. The first-order chi connectivity index (χ1) is 10.3. The molecule has 0 aliphatic heterocycles. The van der Waals surface area contributed by atoms with Gasteiger partial charge < -0.3 is 10.0 Å². The van der Waals surface area contributed by atoms with Crippen LogP contribution in [0.3, 0.4) is 0 Å². The van der Waals surface area contributed by atoms with E-state index in [1.165, 1.54) is 25.7 Å². The first kappa shape index (κ1) is 14.1. The normalized spacial score (nSPS) is 17.0. The Morgan fingerprint density at radius 3 is 2.48 bits per heavy atom. The van der Waals surface area contributed by atoms with Crippen LogP contribution >= 0.6 is 0 Å². The topological polar surface area (TPSA) is 53.4 Å². The molecule has 3 rings (SSSR count). The highest BCUT2D eigenvalue weighted by Gasteiger charge is 2.31. The molecule has 0 unspecified atom stereocenters.